The number of rotatable bonds is 1. The fourth-order valence-electron chi connectivity index (χ4n) is 1.03. The lowest BCUT2D eigenvalue weighted by Crippen LogP contribution is -2.62. The van der Waals surface area contributed by atoms with Crippen LogP contribution >= 0.6 is 0 Å². The minimum absolute atomic E-state index is 0.324. The first-order valence-electron chi connectivity index (χ1n) is 3.52. The van der Waals surface area contributed by atoms with Crippen molar-refractivity contribution in [1.82, 2.24) is 0 Å². The molecule has 12 heavy (non-hydrogen) atoms. The zero-order valence-corrected chi connectivity index (χ0v) is 6.29. The summed E-state index contributed by atoms with van der Waals surface area (Å²) in [5, 5.41) is 45.0. The van der Waals surface area contributed by atoms with E-state index in [0.29, 0.717) is 0 Å². The molecule has 0 bridgehead atoms. The minimum atomic E-state index is -2.17. The summed E-state index contributed by atoms with van der Waals surface area (Å²) in [5.74, 6) is -2.17. The number of hydrogen-bond donors (Lipinski definition) is 5. The van der Waals surface area contributed by atoms with E-state index in [4.69, 9.17) is 20.4 Å². The second kappa shape index (κ2) is 3.25. The van der Waals surface area contributed by atoms with Crippen molar-refractivity contribution >= 4 is 0 Å². The van der Waals surface area contributed by atoms with Crippen LogP contribution < -0.4 is 0 Å². The summed E-state index contributed by atoms with van der Waals surface area (Å²) in [4.78, 5) is 0. The molecule has 5 N–H and O–H groups in total. The average molecular weight is 180 g/mol. The van der Waals surface area contributed by atoms with Crippen LogP contribution in [0, 0.1) is 0 Å². The van der Waals surface area contributed by atoms with Crippen LogP contribution in [0.4, 0.5) is 0 Å². The third-order valence-electron chi connectivity index (χ3n) is 1.91. The first kappa shape index (κ1) is 9.85. The van der Waals surface area contributed by atoms with Gasteiger partial charge >= 0.3 is 0 Å². The molecule has 0 aromatic carbocycles. The summed E-state index contributed by atoms with van der Waals surface area (Å²) >= 11 is 0. The summed E-state index contributed by atoms with van der Waals surface area (Å²) in [5.41, 5.74) is 0. The van der Waals surface area contributed by atoms with Crippen molar-refractivity contribution in [2.24, 2.45) is 0 Å². The van der Waals surface area contributed by atoms with Gasteiger partial charge in [0.15, 0.2) is 0 Å². The Morgan fingerprint density at radius 1 is 1.33 bits per heavy atom. The SMILES string of the molecule is OC[C@@]1(O)OC[C@@H](O)[C@H](O)C1O. The van der Waals surface area contributed by atoms with Crippen molar-refractivity contribution in [1.29, 1.82) is 0 Å². The van der Waals surface area contributed by atoms with Crippen LogP contribution in [0.15, 0.2) is 0 Å². The molecule has 1 rings (SSSR count). The van der Waals surface area contributed by atoms with Gasteiger partial charge in [0.05, 0.1) is 13.2 Å². The van der Waals surface area contributed by atoms with Crippen molar-refractivity contribution in [2.45, 2.75) is 24.1 Å². The maximum absolute atomic E-state index is 9.24. The molecule has 0 radical (unpaired) electrons. The van der Waals surface area contributed by atoms with E-state index >= 15 is 0 Å². The molecule has 0 aromatic heterocycles. The first-order valence-corrected chi connectivity index (χ1v) is 3.52. The van der Waals surface area contributed by atoms with Crippen LogP contribution in [0.3, 0.4) is 0 Å². The van der Waals surface area contributed by atoms with E-state index < -0.39 is 30.7 Å². The molecule has 6 nitrogen and oxygen atoms in total. The quantitative estimate of drug-likeness (QED) is 0.290. The summed E-state index contributed by atoms with van der Waals surface area (Å²) < 4.78 is 4.56. The lowest BCUT2D eigenvalue weighted by molar-refractivity contribution is -0.331. The number of ether oxygens (including phenoxy) is 1. The molecule has 0 spiro atoms. The van der Waals surface area contributed by atoms with Crippen molar-refractivity contribution in [3.8, 4) is 0 Å². The van der Waals surface area contributed by atoms with Gasteiger partial charge in [0.2, 0.25) is 5.79 Å². The molecular formula is C6H12O6. The van der Waals surface area contributed by atoms with Gasteiger partial charge in [-0.3, -0.25) is 0 Å². The molecule has 1 unspecified atom stereocenters. The van der Waals surface area contributed by atoms with Gasteiger partial charge in [-0.05, 0) is 0 Å². The van der Waals surface area contributed by atoms with Gasteiger partial charge in [-0.25, -0.2) is 0 Å². The maximum atomic E-state index is 9.24. The number of hydrogen-bond acceptors (Lipinski definition) is 6. The molecule has 1 heterocycles. The molecule has 0 amide bonds. The smallest absolute Gasteiger partial charge is 0.218 e. The predicted molar refractivity (Wildman–Crippen MR) is 36.0 cm³/mol. The third-order valence-corrected chi connectivity index (χ3v) is 1.91. The summed E-state index contributed by atoms with van der Waals surface area (Å²) in [6, 6.07) is 0. The molecule has 0 saturated carbocycles. The third kappa shape index (κ3) is 1.45. The Morgan fingerprint density at radius 3 is 2.42 bits per heavy atom. The molecule has 72 valence electrons. The van der Waals surface area contributed by atoms with E-state index in [1.165, 1.54) is 0 Å². The molecule has 4 atom stereocenters. The minimum Gasteiger partial charge on any atom is -0.391 e. The molecule has 1 saturated heterocycles. The summed E-state index contributed by atoms with van der Waals surface area (Å²) in [6.45, 7) is -1.16. The zero-order valence-electron chi connectivity index (χ0n) is 6.29. The van der Waals surface area contributed by atoms with E-state index in [-0.39, 0.29) is 6.61 Å². The Hall–Kier alpha value is -0.240. The topological polar surface area (TPSA) is 110 Å². The molecule has 0 aromatic rings. The standard InChI is InChI=1S/C6H12O6/c7-2-6(11)5(10)4(9)3(8)1-12-6/h3-5,7-11H,1-2H2/t3-,4+,5?,6-/m1/s1. The number of aliphatic hydroxyl groups excluding tert-OH is 4. The molecular weight excluding hydrogens is 168 g/mol. The second-order valence-electron chi connectivity index (χ2n) is 2.82. The Balaban J connectivity index is 2.71. The highest BCUT2D eigenvalue weighted by atomic mass is 16.7. The van der Waals surface area contributed by atoms with Crippen molar-refractivity contribution in [2.75, 3.05) is 13.2 Å². The van der Waals surface area contributed by atoms with Crippen molar-refractivity contribution < 1.29 is 30.3 Å². The highest BCUT2D eigenvalue weighted by molar-refractivity contribution is 4.90. The fraction of sp³-hybridized carbons (Fsp3) is 1.00. The fourth-order valence-corrected chi connectivity index (χ4v) is 1.03. The van der Waals surface area contributed by atoms with E-state index in [2.05, 4.69) is 4.74 Å². The largest absolute Gasteiger partial charge is 0.391 e. The Labute approximate surface area is 68.6 Å². The van der Waals surface area contributed by atoms with Crippen molar-refractivity contribution in [3.63, 3.8) is 0 Å². The van der Waals surface area contributed by atoms with Crippen LogP contribution in [-0.2, 0) is 4.74 Å². The molecule has 1 aliphatic rings. The van der Waals surface area contributed by atoms with Crippen LogP contribution in [-0.4, -0.2) is 62.8 Å². The highest BCUT2D eigenvalue weighted by Crippen LogP contribution is 2.22. The highest BCUT2D eigenvalue weighted by Gasteiger charge is 2.47. The van der Waals surface area contributed by atoms with Gasteiger partial charge in [-0.1, -0.05) is 0 Å². The van der Waals surface area contributed by atoms with Crippen LogP contribution in [0.5, 0.6) is 0 Å². The van der Waals surface area contributed by atoms with Crippen LogP contribution in [0.1, 0.15) is 0 Å². The number of aliphatic hydroxyl groups is 5. The summed E-state index contributed by atoms with van der Waals surface area (Å²) in [7, 11) is 0. The lowest BCUT2D eigenvalue weighted by atomic mass is 9.98. The maximum Gasteiger partial charge on any atom is 0.218 e. The average Bonchev–Trinajstić information content (AvgIpc) is 2.09. The Bertz CT molecular complexity index is 162. The van der Waals surface area contributed by atoms with Gasteiger partial charge < -0.3 is 30.3 Å². The summed E-state index contributed by atoms with van der Waals surface area (Å²) in [6.07, 6.45) is -4.45. The van der Waals surface area contributed by atoms with E-state index in [1.54, 1.807) is 0 Å². The van der Waals surface area contributed by atoms with Crippen LogP contribution in [0.2, 0.25) is 0 Å². The van der Waals surface area contributed by atoms with Gasteiger partial charge in [0.1, 0.15) is 18.3 Å². The van der Waals surface area contributed by atoms with Gasteiger partial charge in [0.25, 0.3) is 0 Å². The second-order valence-corrected chi connectivity index (χ2v) is 2.82. The molecule has 1 aliphatic heterocycles. The van der Waals surface area contributed by atoms with Crippen LogP contribution in [0.25, 0.3) is 0 Å². The predicted octanol–water partition coefficient (Wildman–Crippen LogP) is -3.22. The molecule has 0 aliphatic carbocycles. The lowest BCUT2D eigenvalue weighted by Gasteiger charge is -2.40. The van der Waals surface area contributed by atoms with Gasteiger partial charge in [-0.2, -0.15) is 0 Å². The molecule has 6 heteroatoms. The van der Waals surface area contributed by atoms with E-state index in [1.807, 2.05) is 0 Å². The first-order chi connectivity index (χ1) is 5.51. The van der Waals surface area contributed by atoms with Gasteiger partial charge in [-0.15, -0.1) is 0 Å². The Kier molecular flexibility index (Phi) is 2.67. The van der Waals surface area contributed by atoms with Gasteiger partial charge in [0, 0.05) is 0 Å². The Morgan fingerprint density at radius 2 is 1.92 bits per heavy atom. The monoisotopic (exact) mass is 180 g/mol. The molecule has 1 fully saturated rings. The zero-order chi connectivity index (χ0) is 9.35. The van der Waals surface area contributed by atoms with Crippen molar-refractivity contribution in [3.05, 3.63) is 0 Å². The normalized spacial score (nSPS) is 49.2. The van der Waals surface area contributed by atoms with E-state index in [0.717, 1.165) is 0 Å². The van der Waals surface area contributed by atoms with E-state index in [9.17, 15) is 5.11 Å².